The van der Waals surface area contributed by atoms with Crippen molar-refractivity contribution >= 4 is 34.2 Å². The van der Waals surface area contributed by atoms with Crippen LogP contribution in [-0.2, 0) is 24.2 Å². The fourth-order valence-corrected chi connectivity index (χ4v) is 4.60. The van der Waals surface area contributed by atoms with Crippen LogP contribution in [0.4, 0.5) is 4.79 Å². The SMILES string of the molecule is CCCNCCc1c[nH]c2ccc(CCC3NC(=O)N(Cc4cccs4)C3=O)cc12. The standard InChI is InChI=1S/C23H28N4O2S/c1-2-10-24-11-9-17-14-25-20-7-5-16(13-19(17)20)6-8-21-22(28)27(23(29)26-21)15-18-4-3-12-30-18/h3-5,7,12-14,21,24-25H,2,6,8-11,15H2,1H3,(H,26,29). The predicted molar refractivity (Wildman–Crippen MR) is 121 cm³/mol. The van der Waals surface area contributed by atoms with Crippen LogP contribution in [-0.4, -0.2) is 41.0 Å². The van der Waals surface area contributed by atoms with Crippen molar-refractivity contribution in [2.75, 3.05) is 13.1 Å². The van der Waals surface area contributed by atoms with Gasteiger partial charge in [-0.15, -0.1) is 11.3 Å². The summed E-state index contributed by atoms with van der Waals surface area (Å²) in [5.41, 5.74) is 3.63. The third-order valence-corrected chi connectivity index (χ3v) is 6.41. The summed E-state index contributed by atoms with van der Waals surface area (Å²) in [6, 6.07) is 9.56. The largest absolute Gasteiger partial charge is 0.361 e. The van der Waals surface area contributed by atoms with Gasteiger partial charge in [0.25, 0.3) is 5.91 Å². The molecular weight excluding hydrogens is 396 g/mol. The average Bonchev–Trinajstić information content (AvgIpc) is 3.46. The lowest BCUT2D eigenvalue weighted by Gasteiger charge is -2.12. The van der Waals surface area contributed by atoms with Crippen LogP contribution >= 0.6 is 11.3 Å². The van der Waals surface area contributed by atoms with Gasteiger partial charge in [0.15, 0.2) is 0 Å². The number of benzene rings is 1. The second kappa shape index (κ2) is 9.45. The first kappa shape index (κ1) is 20.6. The minimum absolute atomic E-state index is 0.126. The lowest BCUT2D eigenvalue weighted by Crippen LogP contribution is -2.30. The summed E-state index contributed by atoms with van der Waals surface area (Å²) in [4.78, 5) is 30.6. The van der Waals surface area contributed by atoms with E-state index in [1.54, 1.807) is 11.3 Å². The predicted octanol–water partition coefficient (Wildman–Crippen LogP) is 3.82. The van der Waals surface area contributed by atoms with E-state index in [1.165, 1.54) is 21.4 Å². The Morgan fingerprint density at radius 2 is 2.07 bits per heavy atom. The molecule has 4 rings (SSSR count). The van der Waals surface area contributed by atoms with Gasteiger partial charge < -0.3 is 15.6 Å². The van der Waals surface area contributed by atoms with Crippen molar-refractivity contribution in [1.29, 1.82) is 0 Å². The molecule has 158 valence electrons. The summed E-state index contributed by atoms with van der Waals surface area (Å²) in [5, 5.41) is 9.49. The highest BCUT2D eigenvalue weighted by molar-refractivity contribution is 7.09. The van der Waals surface area contributed by atoms with E-state index in [-0.39, 0.29) is 11.9 Å². The smallest absolute Gasteiger partial charge is 0.325 e. The number of amides is 3. The summed E-state index contributed by atoms with van der Waals surface area (Å²) in [6.45, 7) is 4.53. The molecule has 0 saturated carbocycles. The fourth-order valence-electron chi connectivity index (χ4n) is 3.90. The summed E-state index contributed by atoms with van der Waals surface area (Å²) in [7, 11) is 0. The summed E-state index contributed by atoms with van der Waals surface area (Å²) in [6.07, 6.45) is 5.57. The van der Waals surface area contributed by atoms with Crippen LogP contribution < -0.4 is 10.6 Å². The van der Waals surface area contributed by atoms with E-state index < -0.39 is 6.04 Å². The van der Waals surface area contributed by atoms with E-state index in [0.29, 0.717) is 13.0 Å². The molecule has 30 heavy (non-hydrogen) atoms. The first-order chi connectivity index (χ1) is 14.7. The number of rotatable bonds is 10. The van der Waals surface area contributed by atoms with Crippen LogP contribution in [0.5, 0.6) is 0 Å². The van der Waals surface area contributed by atoms with E-state index in [0.717, 1.165) is 42.7 Å². The van der Waals surface area contributed by atoms with Gasteiger partial charge in [-0.3, -0.25) is 9.69 Å². The molecule has 1 atom stereocenters. The van der Waals surface area contributed by atoms with E-state index >= 15 is 0 Å². The number of nitrogens with zero attached hydrogens (tertiary/aromatic N) is 1. The third-order valence-electron chi connectivity index (χ3n) is 5.55. The number of thiophene rings is 1. The summed E-state index contributed by atoms with van der Waals surface area (Å²) < 4.78 is 0. The van der Waals surface area contributed by atoms with Crippen LogP contribution in [0.1, 0.15) is 35.8 Å². The van der Waals surface area contributed by atoms with E-state index in [2.05, 4.69) is 46.9 Å². The molecule has 1 fully saturated rings. The van der Waals surface area contributed by atoms with Gasteiger partial charge in [-0.1, -0.05) is 19.1 Å². The Kier molecular flexibility index (Phi) is 6.50. The number of fused-ring (bicyclic) bond motifs is 1. The highest BCUT2D eigenvalue weighted by Gasteiger charge is 2.37. The third kappa shape index (κ3) is 4.57. The van der Waals surface area contributed by atoms with E-state index in [1.807, 2.05) is 17.5 Å². The Morgan fingerprint density at radius 1 is 1.17 bits per heavy atom. The number of aromatic nitrogens is 1. The highest BCUT2D eigenvalue weighted by atomic mass is 32.1. The van der Waals surface area contributed by atoms with Crippen molar-refractivity contribution in [2.45, 2.75) is 45.2 Å². The minimum atomic E-state index is -0.447. The quantitative estimate of drug-likeness (QED) is 0.342. The zero-order valence-electron chi connectivity index (χ0n) is 17.2. The number of carbonyl (C=O) groups excluding carboxylic acids is 2. The number of hydrogen-bond donors (Lipinski definition) is 3. The van der Waals surface area contributed by atoms with Crippen molar-refractivity contribution in [2.24, 2.45) is 0 Å². The lowest BCUT2D eigenvalue weighted by molar-refractivity contribution is -0.127. The maximum Gasteiger partial charge on any atom is 0.325 e. The zero-order chi connectivity index (χ0) is 20.9. The summed E-state index contributed by atoms with van der Waals surface area (Å²) >= 11 is 1.56. The molecule has 3 aromatic rings. The number of nitrogens with one attached hydrogen (secondary N) is 3. The Bertz CT molecular complexity index is 1010. The molecule has 0 aliphatic carbocycles. The topological polar surface area (TPSA) is 77.2 Å². The van der Waals surface area contributed by atoms with E-state index in [9.17, 15) is 9.59 Å². The van der Waals surface area contributed by atoms with Crippen LogP contribution in [0.2, 0.25) is 0 Å². The molecule has 6 nitrogen and oxygen atoms in total. The molecule has 0 spiro atoms. The molecule has 1 unspecified atom stereocenters. The van der Waals surface area contributed by atoms with Gasteiger partial charge in [-0.25, -0.2) is 4.79 Å². The molecule has 2 aromatic heterocycles. The molecular formula is C23H28N4O2S. The van der Waals surface area contributed by atoms with Gasteiger partial charge in [-0.2, -0.15) is 0 Å². The molecule has 3 amide bonds. The number of hydrogen-bond acceptors (Lipinski definition) is 4. The van der Waals surface area contributed by atoms with Crippen LogP contribution in [0.25, 0.3) is 10.9 Å². The first-order valence-corrected chi connectivity index (χ1v) is 11.5. The van der Waals surface area contributed by atoms with Crippen LogP contribution in [0.15, 0.2) is 41.9 Å². The molecule has 7 heteroatoms. The van der Waals surface area contributed by atoms with Crippen molar-refractivity contribution in [3.63, 3.8) is 0 Å². The Hall–Kier alpha value is -2.64. The Balaban J connectivity index is 1.37. The average molecular weight is 425 g/mol. The van der Waals surface area contributed by atoms with Crippen LogP contribution in [0.3, 0.4) is 0 Å². The van der Waals surface area contributed by atoms with Crippen molar-refractivity contribution in [1.82, 2.24) is 20.5 Å². The molecule has 1 aromatic carbocycles. The first-order valence-electron chi connectivity index (χ1n) is 10.6. The number of carbonyl (C=O) groups is 2. The number of aromatic amines is 1. The van der Waals surface area contributed by atoms with Gasteiger partial charge in [0.2, 0.25) is 0 Å². The second-order valence-corrected chi connectivity index (χ2v) is 8.77. The molecule has 3 heterocycles. The maximum absolute atomic E-state index is 12.7. The number of urea groups is 1. The van der Waals surface area contributed by atoms with Gasteiger partial charge in [0.05, 0.1) is 6.54 Å². The second-order valence-electron chi connectivity index (χ2n) is 7.74. The minimum Gasteiger partial charge on any atom is -0.361 e. The highest BCUT2D eigenvalue weighted by Crippen LogP contribution is 2.23. The molecule has 0 bridgehead atoms. The fraction of sp³-hybridized carbons (Fsp3) is 0.391. The normalized spacial score (nSPS) is 16.6. The molecule has 1 aliphatic rings. The molecule has 1 aliphatic heterocycles. The number of H-pyrrole nitrogens is 1. The van der Waals surface area contributed by atoms with Gasteiger partial charge >= 0.3 is 6.03 Å². The maximum atomic E-state index is 12.7. The van der Waals surface area contributed by atoms with Gasteiger partial charge in [-0.05, 0) is 73.5 Å². The Morgan fingerprint density at radius 3 is 2.87 bits per heavy atom. The molecule has 1 saturated heterocycles. The summed E-state index contributed by atoms with van der Waals surface area (Å²) in [5.74, 6) is -0.126. The van der Waals surface area contributed by atoms with Gasteiger partial charge in [0, 0.05) is 22.0 Å². The van der Waals surface area contributed by atoms with E-state index in [4.69, 9.17) is 0 Å². The Labute approximate surface area is 180 Å². The van der Waals surface area contributed by atoms with Gasteiger partial charge in [0.1, 0.15) is 6.04 Å². The number of imide groups is 1. The van der Waals surface area contributed by atoms with Crippen molar-refractivity contribution < 1.29 is 9.59 Å². The van der Waals surface area contributed by atoms with Crippen molar-refractivity contribution in [3.8, 4) is 0 Å². The van der Waals surface area contributed by atoms with Crippen molar-refractivity contribution in [3.05, 3.63) is 57.9 Å². The zero-order valence-corrected chi connectivity index (χ0v) is 18.1. The molecule has 3 N–H and O–H groups in total. The monoisotopic (exact) mass is 424 g/mol. The lowest BCUT2D eigenvalue weighted by atomic mass is 10.0. The van der Waals surface area contributed by atoms with Crippen LogP contribution in [0, 0.1) is 0 Å². The molecule has 0 radical (unpaired) electrons. The number of aryl methyl sites for hydroxylation is 1.